The minimum absolute atomic E-state index is 0.143. The van der Waals surface area contributed by atoms with Crippen molar-refractivity contribution in [2.75, 3.05) is 6.61 Å². The molecular weight excluding hydrogens is 252 g/mol. The Morgan fingerprint density at radius 2 is 2.17 bits per heavy atom. The van der Waals surface area contributed by atoms with Crippen LogP contribution < -0.4 is 15.2 Å². The Labute approximate surface area is 107 Å². The van der Waals surface area contributed by atoms with Gasteiger partial charge in [-0.05, 0) is 32.0 Å². The molecule has 0 spiro atoms. The van der Waals surface area contributed by atoms with Crippen molar-refractivity contribution in [2.45, 2.75) is 37.2 Å². The number of rotatable bonds is 3. The first-order valence-electron chi connectivity index (χ1n) is 5.95. The van der Waals surface area contributed by atoms with Gasteiger partial charge >= 0.3 is 0 Å². The first-order valence-corrected chi connectivity index (χ1v) is 7.43. The fourth-order valence-corrected chi connectivity index (χ4v) is 3.23. The Bertz CT molecular complexity index is 540. The number of nitrogens with one attached hydrogen (secondary N) is 1. The molecule has 100 valence electrons. The molecule has 0 bridgehead atoms. The highest BCUT2D eigenvalue weighted by Crippen LogP contribution is 2.32. The largest absolute Gasteiger partial charge is 0.493 e. The molecule has 0 amide bonds. The van der Waals surface area contributed by atoms with E-state index in [-0.39, 0.29) is 17.0 Å². The Kier molecular flexibility index (Phi) is 3.61. The van der Waals surface area contributed by atoms with Crippen LogP contribution in [0.15, 0.2) is 23.1 Å². The molecule has 0 saturated carbocycles. The van der Waals surface area contributed by atoms with Crippen molar-refractivity contribution in [3.05, 3.63) is 23.8 Å². The summed E-state index contributed by atoms with van der Waals surface area (Å²) in [5.74, 6) is 0.678. The van der Waals surface area contributed by atoms with Crippen LogP contribution in [0.2, 0.25) is 0 Å². The standard InChI is InChI=1S/C12H18N2O3S/c1-8(2)14-18(15,16)9-3-4-12-10(7-9)11(13)5-6-17-12/h3-4,7-8,11,14H,5-6,13H2,1-2H3. The Morgan fingerprint density at radius 3 is 2.83 bits per heavy atom. The zero-order chi connectivity index (χ0) is 13.3. The number of benzene rings is 1. The van der Waals surface area contributed by atoms with E-state index in [1.165, 1.54) is 0 Å². The number of sulfonamides is 1. The third-order valence-electron chi connectivity index (χ3n) is 2.77. The quantitative estimate of drug-likeness (QED) is 0.863. The van der Waals surface area contributed by atoms with Gasteiger partial charge in [0.1, 0.15) is 5.75 Å². The molecule has 2 rings (SSSR count). The van der Waals surface area contributed by atoms with Crippen LogP contribution in [0.1, 0.15) is 31.9 Å². The summed E-state index contributed by atoms with van der Waals surface area (Å²) in [5, 5.41) is 0. The molecule has 1 unspecified atom stereocenters. The van der Waals surface area contributed by atoms with E-state index in [1.807, 2.05) is 0 Å². The molecule has 0 aromatic heterocycles. The van der Waals surface area contributed by atoms with Gasteiger partial charge in [0.2, 0.25) is 10.0 Å². The average Bonchev–Trinajstić information content (AvgIpc) is 2.27. The highest BCUT2D eigenvalue weighted by atomic mass is 32.2. The fourth-order valence-electron chi connectivity index (χ4n) is 1.94. The van der Waals surface area contributed by atoms with Gasteiger partial charge in [0.25, 0.3) is 0 Å². The van der Waals surface area contributed by atoms with Crippen molar-refractivity contribution in [3.8, 4) is 5.75 Å². The molecule has 1 aromatic carbocycles. The van der Waals surface area contributed by atoms with Crippen molar-refractivity contribution >= 4 is 10.0 Å². The molecule has 0 aliphatic carbocycles. The van der Waals surface area contributed by atoms with Gasteiger partial charge in [-0.1, -0.05) is 0 Å². The molecule has 1 atom stereocenters. The zero-order valence-electron chi connectivity index (χ0n) is 10.5. The molecule has 6 heteroatoms. The third-order valence-corrected chi connectivity index (χ3v) is 4.42. The fraction of sp³-hybridized carbons (Fsp3) is 0.500. The van der Waals surface area contributed by atoms with E-state index in [1.54, 1.807) is 32.0 Å². The molecule has 3 N–H and O–H groups in total. The summed E-state index contributed by atoms with van der Waals surface area (Å²) >= 11 is 0. The highest BCUT2D eigenvalue weighted by Gasteiger charge is 2.22. The monoisotopic (exact) mass is 270 g/mol. The van der Waals surface area contributed by atoms with Crippen molar-refractivity contribution in [1.29, 1.82) is 0 Å². The average molecular weight is 270 g/mol. The number of hydrogen-bond donors (Lipinski definition) is 2. The van der Waals surface area contributed by atoms with Gasteiger partial charge in [-0.15, -0.1) is 0 Å². The Balaban J connectivity index is 2.39. The molecule has 1 aromatic rings. The van der Waals surface area contributed by atoms with Gasteiger partial charge in [0.05, 0.1) is 11.5 Å². The van der Waals surface area contributed by atoms with Gasteiger partial charge < -0.3 is 10.5 Å². The maximum Gasteiger partial charge on any atom is 0.240 e. The number of ether oxygens (including phenoxy) is 1. The van der Waals surface area contributed by atoms with E-state index in [9.17, 15) is 8.42 Å². The van der Waals surface area contributed by atoms with Crippen LogP contribution in [0.5, 0.6) is 5.75 Å². The molecule has 1 aliphatic rings. The summed E-state index contributed by atoms with van der Waals surface area (Å²) in [6, 6.07) is 4.51. The van der Waals surface area contributed by atoms with Crippen molar-refractivity contribution < 1.29 is 13.2 Å². The summed E-state index contributed by atoms with van der Waals surface area (Å²) in [5.41, 5.74) is 6.72. The minimum atomic E-state index is -3.48. The summed E-state index contributed by atoms with van der Waals surface area (Å²) in [4.78, 5) is 0.232. The van der Waals surface area contributed by atoms with E-state index < -0.39 is 10.0 Å². The maximum atomic E-state index is 12.0. The number of nitrogens with two attached hydrogens (primary N) is 1. The molecule has 5 nitrogen and oxygen atoms in total. The van der Waals surface area contributed by atoms with Gasteiger partial charge in [0, 0.05) is 24.1 Å². The predicted octanol–water partition coefficient (Wildman–Crippen LogP) is 1.16. The van der Waals surface area contributed by atoms with Crippen LogP contribution in [-0.4, -0.2) is 21.1 Å². The van der Waals surface area contributed by atoms with Crippen molar-refractivity contribution in [3.63, 3.8) is 0 Å². The van der Waals surface area contributed by atoms with Crippen LogP contribution in [0.25, 0.3) is 0 Å². The van der Waals surface area contributed by atoms with E-state index in [2.05, 4.69) is 4.72 Å². The van der Waals surface area contributed by atoms with Crippen LogP contribution >= 0.6 is 0 Å². The van der Waals surface area contributed by atoms with Crippen LogP contribution in [0.4, 0.5) is 0 Å². The molecular formula is C12H18N2O3S. The maximum absolute atomic E-state index is 12.0. The van der Waals surface area contributed by atoms with Gasteiger partial charge in [-0.25, -0.2) is 13.1 Å². The highest BCUT2D eigenvalue weighted by molar-refractivity contribution is 7.89. The SMILES string of the molecule is CC(C)NS(=O)(=O)c1ccc2c(c1)C(N)CCO2. The summed E-state index contributed by atoms with van der Waals surface area (Å²) in [6.45, 7) is 4.14. The van der Waals surface area contributed by atoms with Gasteiger partial charge in [-0.3, -0.25) is 0 Å². The molecule has 0 saturated heterocycles. The van der Waals surface area contributed by atoms with Crippen LogP contribution in [-0.2, 0) is 10.0 Å². The van der Waals surface area contributed by atoms with E-state index in [0.29, 0.717) is 18.8 Å². The topological polar surface area (TPSA) is 81.4 Å². The molecule has 1 heterocycles. The third kappa shape index (κ3) is 2.66. The second kappa shape index (κ2) is 4.87. The molecule has 18 heavy (non-hydrogen) atoms. The molecule has 1 aliphatic heterocycles. The van der Waals surface area contributed by atoms with E-state index in [4.69, 9.17) is 10.5 Å². The van der Waals surface area contributed by atoms with E-state index in [0.717, 1.165) is 5.56 Å². The number of hydrogen-bond acceptors (Lipinski definition) is 4. The lowest BCUT2D eigenvalue weighted by Crippen LogP contribution is -2.30. The first kappa shape index (κ1) is 13.3. The lowest BCUT2D eigenvalue weighted by Gasteiger charge is -2.23. The predicted molar refractivity (Wildman–Crippen MR) is 68.9 cm³/mol. The Hall–Kier alpha value is -1.11. The van der Waals surface area contributed by atoms with Gasteiger partial charge in [-0.2, -0.15) is 0 Å². The molecule has 0 fully saturated rings. The lowest BCUT2D eigenvalue weighted by molar-refractivity contribution is 0.268. The normalized spacial score (nSPS) is 19.4. The summed E-state index contributed by atoms with van der Waals surface area (Å²) < 4.78 is 32.1. The van der Waals surface area contributed by atoms with Crippen molar-refractivity contribution in [1.82, 2.24) is 4.72 Å². The smallest absolute Gasteiger partial charge is 0.240 e. The minimum Gasteiger partial charge on any atom is -0.493 e. The second-order valence-electron chi connectivity index (χ2n) is 4.72. The van der Waals surface area contributed by atoms with Crippen molar-refractivity contribution in [2.24, 2.45) is 5.73 Å². The van der Waals surface area contributed by atoms with Crippen LogP contribution in [0.3, 0.4) is 0 Å². The Morgan fingerprint density at radius 1 is 1.44 bits per heavy atom. The second-order valence-corrected chi connectivity index (χ2v) is 6.43. The lowest BCUT2D eigenvalue weighted by atomic mass is 10.0. The first-order chi connectivity index (χ1) is 8.40. The zero-order valence-corrected chi connectivity index (χ0v) is 11.3. The van der Waals surface area contributed by atoms with Gasteiger partial charge in [0.15, 0.2) is 0 Å². The summed E-state index contributed by atoms with van der Waals surface area (Å²) in [7, 11) is -3.48. The number of fused-ring (bicyclic) bond motifs is 1. The van der Waals surface area contributed by atoms with E-state index >= 15 is 0 Å². The van der Waals surface area contributed by atoms with Crippen LogP contribution in [0, 0.1) is 0 Å². The molecule has 0 radical (unpaired) electrons. The summed E-state index contributed by atoms with van der Waals surface area (Å²) in [6.07, 6.45) is 0.702.